The van der Waals surface area contributed by atoms with Gasteiger partial charge < -0.3 is 14.2 Å². The van der Waals surface area contributed by atoms with Gasteiger partial charge in [-0.2, -0.15) is 5.10 Å². The summed E-state index contributed by atoms with van der Waals surface area (Å²) < 4.78 is 9.49. The molecule has 0 N–H and O–H groups in total. The number of fused-ring (bicyclic) bond motifs is 2. The second-order valence-electron chi connectivity index (χ2n) is 12.6. The zero-order valence-electron chi connectivity index (χ0n) is 22.6. The number of aromatic nitrogens is 4. The summed E-state index contributed by atoms with van der Waals surface area (Å²) in [4.78, 5) is 34.9. The summed E-state index contributed by atoms with van der Waals surface area (Å²) >= 11 is 0. The number of rotatable bonds is 5. The van der Waals surface area contributed by atoms with Gasteiger partial charge in [0.15, 0.2) is 0 Å². The Hall–Kier alpha value is -3.72. The van der Waals surface area contributed by atoms with Crippen LogP contribution in [0.25, 0.3) is 27.9 Å². The Morgan fingerprint density at radius 2 is 2.02 bits per heavy atom. The molecule has 3 unspecified atom stereocenters. The molecule has 4 aromatic heterocycles. The van der Waals surface area contributed by atoms with Gasteiger partial charge in [0.2, 0.25) is 0 Å². The molecule has 40 heavy (non-hydrogen) atoms. The van der Waals surface area contributed by atoms with Crippen molar-refractivity contribution in [1.29, 1.82) is 0 Å². The molecule has 204 valence electrons. The molecule has 9 rings (SSSR count). The summed E-state index contributed by atoms with van der Waals surface area (Å²) in [5.41, 5.74) is 5.63. The molecular formula is C31H32N6O3. The molecule has 2 amide bonds. The second kappa shape index (κ2) is 8.16. The topological polar surface area (TPSA) is 85.0 Å². The van der Waals surface area contributed by atoms with Crippen LogP contribution in [0.3, 0.4) is 0 Å². The lowest BCUT2D eigenvalue weighted by Crippen LogP contribution is -2.53. The molecule has 2 saturated heterocycles. The van der Waals surface area contributed by atoms with Gasteiger partial charge in [-0.3, -0.25) is 14.5 Å². The molecule has 0 spiro atoms. The van der Waals surface area contributed by atoms with Crippen LogP contribution in [0.2, 0.25) is 0 Å². The third kappa shape index (κ3) is 3.24. The zero-order chi connectivity index (χ0) is 26.7. The van der Waals surface area contributed by atoms with Crippen LogP contribution in [-0.4, -0.2) is 68.2 Å². The summed E-state index contributed by atoms with van der Waals surface area (Å²) in [6.07, 6.45) is 6.84. The van der Waals surface area contributed by atoms with Gasteiger partial charge in [-0.25, -0.2) is 9.50 Å². The molecule has 3 aliphatic carbocycles. The van der Waals surface area contributed by atoms with Gasteiger partial charge in [0.05, 0.1) is 29.9 Å². The minimum Gasteiger partial charge on any atom is -0.370 e. The van der Waals surface area contributed by atoms with Crippen LogP contribution in [0.15, 0.2) is 36.5 Å². The number of carbonyl (C=O) groups excluding carboxylic acids is 2. The van der Waals surface area contributed by atoms with E-state index < -0.39 is 0 Å². The third-order valence-corrected chi connectivity index (χ3v) is 10.3. The molecular weight excluding hydrogens is 504 g/mol. The standard InChI is InChI=1S/C31H32N6O3/c1-17-23-6-4-20(31(39)36-14-22-10-21-12-24(36)28(21)22)15-37(23)33-29(17)25-11-19-5-7-26(34-8-9-40-16-27(34)38)32-30(19)35(25)13-18-2-3-18/h4-7,11,15,18,21-22,24,28H,2-3,8-10,12-14,16H2,1H3/t21?,22?,24?,28-/m1/s1. The minimum atomic E-state index is -0.0566. The lowest BCUT2D eigenvalue weighted by molar-refractivity contribution is -0.125. The highest BCUT2D eigenvalue weighted by Crippen LogP contribution is 2.60. The Balaban J connectivity index is 1.11. The number of anilines is 1. The Morgan fingerprint density at radius 1 is 1.12 bits per heavy atom. The predicted octanol–water partition coefficient (Wildman–Crippen LogP) is 3.91. The molecule has 9 heteroatoms. The maximum Gasteiger partial charge on any atom is 0.255 e. The van der Waals surface area contributed by atoms with Crippen LogP contribution in [0.4, 0.5) is 5.82 Å². The van der Waals surface area contributed by atoms with E-state index in [4.69, 9.17) is 14.8 Å². The summed E-state index contributed by atoms with van der Waals surface area (Å²) in [5.74, 6) is 3.74. The summed E-state index contributed by atoms with van der Waals surface area (Å²) in [7, 11) is 0. The number of morpholine rings is 1. The van der Waals surface area contributed by atoms with Gasteiger partial charge in [-0.15, -0.1) is 0 Å². The van der Waals surface area contributed by atoms with Crippen LogP contribution >= 0.6 is 0 Å². The predicted molar refractivity (Wildman–Crippen MR) is 149 cm³/mol. The van der Waals surface area contributed by atoms with Crippen molar-refractivity contribution in [3.63, 3.8) is 0 Å². The lowest BCUT2D eigenvalue weighted by atomic mass is 9.53. The molecule has 4 atom stereocenters. The van der Waals surface area contributed by atoms with E-state index in [0.717, 1.165) is 64.3 Å². The fraction of sp³-hybridized carbons (Fsp3) is 0.484. The average Bonchev–Trinajstić information content (AvgIpc) is 3.62. The molecule has 5 fully saturated rings. The number of likely N-dealkylation sites (tertiary alicyclic amines) is 1. The Kier molecular flexibility index (Phi) is 4.70. The first kappa shape index (κ1) is 23.0. The van der Waals surface area contributed by atoms with E-state index in [0.29, 0.717) is 36.5 Å². The highest BCUT2D eigenvalue weighted by atomic mass is 16.5. The van der Waals surface area contributed by atoms with Crippen molar-refractivity contribution in [2.24, 2.45) is 23.7 Å². The van der Waals surface area contributed by atoms with E-state index in [1.54, 1.807) is 4.90 Å². The number of pyridine rings is 2. The monoisotopic (exact) mass is 536 g/mol. The second-order valence-corrected chi connectivity index (χ2v) is 12.6. The van der Waals surface area contributed by atoms with E-state index in [2.05, 4.69) is 28.5 Å². The maximum absolute atomic E-state index is 13.5. The highest BCUT2D eigenvalue weighted by molar-refractivity contribution is 5.96. The minimum absolute atomic E-state index is 0.0566. The number of aryl methyl sites for hydroxylation is 1. The summed E-state index contributed by atoms with van der Waals surface area (Å²) in [5, 5.41) is 6.08. The zero-order valence-corrected chi connectivity index (χ0v) is 22.6. The van der Waals surface area contributed by atoms with E-state index in [1.807, 2.05) is 28.9 Å². The molecule has 4 aromatic rings. The molecule has 0 bridgehead atoms. The smallest absolute Gasteiger partial charge is 0.255 e. The average molecular weight is 537 g/mol. The Labute approximate surface area is 231 Å². The van der Waals surface area contributed by atoms with Gasteiger partial charge >= 0.3 is 0 Å². The van der Waals surface area contributed by atoms with Crippen LogP contribution in [0, 0.1) is 30.6 Å². The van der Waals surface area contributed by atoms with Crippen molar-refractivity contribution in [1.82, 2.24) is 24.1 Å². The van der Waals surface area contributed by atoms with Crippen molar-refractivity contribution < 1.29 is 14.3 Å². The number of carbonyl (C=O) groups is 2. The van der Waals surface area contributed by atoms with Crippen molar-refractivity contribution >= 4 is 34.2 Å². The number of amides is 2. The fourth-order valence-electron chi connectivity index (χ4n) is 7.87. The maximum atomic E-state index is 13.5. The lowest BCUT2D eigenvalue weighted by Gasteiger charge is -2.52. The molecule has 0 radical (unpaired) electrons. The van der Waals surface area contributed by atoms with E-state index >= 15 is 0 Å². The Bertz CT molecular complexity index is 1730. The number of nitrogens with zero attached hydrogens (tertiary/aromatic N) is 6. The first-order chi connectivity index (χ1) is 19.5. The van der Waals surface area contributed by atoms with Gasteiger partial charge in [-0.1, -0.05) is 0 Å². The molecule has 3 saturated carbocycles. The van der Waals surface area contributed by atoms with Crippen LogP contribution in [0.5, 0.6) is 0 Å². The molecule has 9 nitrogen and oxygen atoms in total. The van der Waals surface area contributed by atoms with Crippen molar-refractivity contribution in [3.05, 3.63) is 47.7 Å². The van der Waals surface area contributed by atoms with Gasteiger partial charge in [0.1, 0.15) is 23.8 Å². The number of ether oxygens (including phenoxy) is 1. The summed E-state index contributed by atoms with van der Waals surface area (Å²) in [6, 6.07) is 10.6. The number of hydrogen-bond acceptors (Lipinski definition) is 5. The van der Waals surface area contributed by atoms with E-state index in [1.165, 1.54) is 25.7 Å². The van der Waals surface area contributed by atoms with Crippen LogP contribution < -0.4 is 4.90 Å². The SMILES string of the molecule is Cc1c(-c2cc3ccc(N4CCOCC4=O)nc3n2CC2CC2)nn2cc(C(=O)N3CC4CC5CC3[C@H]54)ccc12. The van der Waals surface area contributed by atoms with Gasteiger partial charge in [0.25, 0.3) is 11.8 Å². The third-order valence-electron chi connectivity index (χ3n) is 10.3. The van der Waals surface area contributed by atoms with Crippen molar-refractivity contribution in [3.8, 4) is 11.4 Å². The van der Waals surface area contributed by atoms with E-state index in [9.17, 15) is 9.59 Å². The molecule has 2 aliphatic heterocycles. The molecule has 5 aliphatic rings. The van der Waals surface area contributed by atoms with Crippen molar-refractivity contribution in [2.75, 3.05) is 31.2 Å². The number of hydrogen-bond donors (Lipinski definition) is 0. The van der Waals surface area contributed by atoms with Crippen LogP contribution in [-0.2, 0) is 16.1 Å². The van der Waals surface area contributed by atoms with Crippen molar-refractivity contribution in [2.45, 2.75) is 45.2 Å². The van der Waals surface area contributed by atoms with Gasteiger partial charge in [0, 0.05) is 36.3 Å². The largest absolute Gasteiger partial charge is 0.370 e. The fourth-order valence-corrected chi connectivity index (χ4v) is 7.87. The first-order valence-electron chi connectivity index (χ1n) is 14.7. The molecule has 0 aromatic carbocycles. The highest BCUT2D eigenvalue weighted by Gasteiger charge is 2.61. The molecule has 6 heterocycles. The quantitative estimate of drug-likeness (QED) is 0.386. The van der Waals surface area contributed by atoms with Crippen LogP contribution in [0.1, 0.15) is 41.6 Å². The van der Waals surface area contributed by atoms with E-state index in [-0.39, 0.29) is 18.4 Å². The normalized spacial score (nSPS) is 27.3. The Morgan fingerprint density at radius 3 is 2.83 bits per heavy atom. The van der Waals surface area contributed by atoms with Gasteiger partial charge in [-0.05, 0) is 86.6 Å². The first-order valence-corrected chi connectivity index (χ1v) is 14.7. The summed E-state index contributed by atoms with van der Waals surface area (Å²) in [6.45, 7) is 5.03.